The van der Waals surface area contributed by atoms with Gasteiger partial charge in [-0.2, -0.15) is 5.10 Å². The summed E-state index contributed by atoms with van der Waals surface area (Å²) in [4.78, 5) is 20.2. The molecule has 0 bridgehead atoms. The van der Waals surface area contributed by atoms with E-state index in [0.29, 0.717) is 11.7 Å². The van der Waals surface area contributed by atoms with Crippen LogP contribution in [0.1, 0.15) is 29.3 Å². The zero-order valence-electron chi connectivity index (χ0n) is 16.6. The lowest BCUT2D eigenvalue weighted by Gasteiger charge is -2.22. The largest absolute Gasteiger partial charge is 0.335 e. The van der Waals surface area contributed by atoms with E-state index in [1.165, 1.54) is 9.75 Å². The predicted molar refractivity (Wildman–Crippen MR) is 120 cm³/mol. The molecule has 3 N–H and O–H groups in total. The number of nitrogens with one attached hydrogen (secondary N) is 3. The van der Waals surface area contributed by atoms with Crippen molar-refractivity contribution in [1.82, 2.24) is 35.5 Å². The Bertz CT molecular complexity index is 1360. The Kier molecular flexibility index (Phi) is 4.14. The average Bonchev–Trinajstić information content (AvgIpc) is 3.51. The number of fused-ring (bicyclic) bond motifs is 2. The van der Waals surface area contributed by atoms with Crippen LogP contribution >= 0.6 is 11.3 Å². The predicted octanol–water partition coefficient (Wildman–Crippen LogP) is 4.40. The molecule has 6 rings (SSSR count). The van der Waals surface area contributed by atoms with Crippen LogP contribution in [0.25, 0.3) is 44.0 Å². The highest BCUT2D eigenvalue weighted by atomic mass is 32.1. The lowest BCUT2D eigenvalue weighted by Crippen LogP contribution is -2.27. The van der Waals surface area contributed by atoms with Crippen LogP contribution < -0.4 is 5.32 Å². The molecule has 1 aliphatic rings. The number of hydrogen-bond acceptors (Lipinski definition) is 6. The van der Waals surface area contributed by atoms with Crippen LogP contribution in [-0.2, 0) is 0 Å². The number of rotatable bonds is 3. The molecular weight excluding hydrogens is 394 g/mol. The van der Waals surface area contributed by atoms with Crippen LogP contribution in [-0.4, -0.2) is 43.2 Å². The molecule has 0 saturated carbocycles. The van der Waals surface area contributed by atoms with Crippen LogP contribution in [0.2, 0.25) is 0 Å². The van der Waals surface area contributed by atoms with Crippen molar-refractivity contribution >= 4 is 33.4 Å². The van der Waals surface area contributed by atoms with Gasteiger partial charge in [-0.15, -0.1) is 11.3 Å². The first-order chi connectivity index (χ1) is 14.8. The highest BCUT2D eigenvalue weighted by Gasteiger charge is 2.20. The summed E-state index contributed by atoms with van der Waals surface area (Å²) in [6.45, 7) is 4.20. The molecule has 0 amide bonds. The summed E-state index contributed by atoms with van der Waals surface area (Å²) in [7, 11) is 0. The van der Waals surface area contributed by atoms with E-state index in [2.05, 4.69) is 56.7 Å². The van der Waals surface area contributed by atoms with Crippen molar-refractivity contribution in [1.29, 1.82) is 0 Å². The number of aryl methyl sites for hydroxylation is 1. The lowest BCUT2D eigenvalue weighted by molar-refractivity contribution is 0.454. The van der Waals surface area contributed by atoms with Gasteiger partial charge in [-0.1, -0.05) is 0 Å². The van der Waals surface area contributed by atoms with E-state index in [0.717, 1.165) is 64.9 Å². The zero-order valence-corrected chi connectivity index (χ0v) is 17.4. The van der Waals surface area contributed by atoms with Crippen LogP contribution in [0.15, 0.2) is 36.7 Å². The molecule has 1 fully saturated rings. The molecule has 1 saturated heterocycles. The van der Waals surface area contributed by atoms with Gasteiger partial charge in [-0.25, -0.2) is 9.97 Å². The first-order valence-electron chi connectivity index (χ1n) is 10.2. The van der Waals surface area contributed by atoms with Crippen LogP contribution in [0.3, 0.4) is 0 Å². The van der Waals surface area contributed by atoms with E-state index < -0.39 is 0 Å². The number of hydrogen-bond donors (Lipinski definition) is 3. The standard InChI is InChI=1S/C22H21N7S/c1-12-2-5-18(30-12)14-10-24-11-17-19(14)27-22(26-17)21-20-16(28-29-21)4-3-15(25-20)13-6-8-23-9-7-13/h2-5,10-11,13,23H,6-9H2,1H3,(H,26,27)(H,28,29). The fourth-order valence-electron chi connectivity index (χ4n) is 4.23. The smallest absolute Gasteiger partial charge is 0.161 e. The Labute approximate surface area is 177 Å². The van der Waals surface area contributed by atoms with E-state index in [1.54, 1.807) is 11.3 Å². The summed E-state index contributed by atoms with van der Waals surface area (Å²) >= 11 is 1.75. The molecule has 7 nitrogen and oxygen atoms in total. The Morgan fingerprint density at radius 3 is 2.70 bits per heavy atom. The van der Waals surface area contributed by atoms with Gasteiger partial charge in [0.1, 0.15) is 11.0 Å². The van der Waals surface area contributed by atoms with Gasteiger partial charge in [0.25, 0.3) is 0 Å². The fraction of sp³-hybridized carbons (Fsp3) is 0.273. The fourth-order valence-corrected chi connectivity index (χ4v) is 5.11. The minimum atomic E-state index is 0.493. The SMILES string of the molecule is Cc1ccc(-c2cncc3[nH]c(-c4n[nH]c5ccc(C6CCNCC6)nc45)nc23)s1. The minimum absolute atomic E-state index is 0.493. The first-order valence-corrected chi connectivity index (χ1v) is 11.0. The van der Waals surface area contributed by atoms with Gasteiger partial charge < -0.3 is 10.3 Å². The maximum atomic E-state index is 4.99. The Balaban J connectivity index is 1.47. The number of H-pyrrole nitrogens is 2. The molecule has 5 aromatic heterocycles. The second-order valence-electron chi connectivity index (χ2n) is 7.81. The summed E-state index contributed by atoms with van der Waals surface area (Å²) < 4.78 is 0. The topological polar surface area (TPSA) is 95.2 Å². The van der Waals surface area contributed by atoms with E-state index in [1.807, 2.05) is 12.4 Å². The molecule has 150 valence electrons. The molecule has 0 aliphatic carbocycles. The Morgan fingerprint density at radius 1 is 0.967 bits per heavy atom. The second-order valence-corrected chi connectivity index (χ2v) is 9.10. The minimum Gasteiger partial charge on any atom is -0.335 e. The normalized spacial score (nSPS) is 15.4. The van der Waals surface area contributed by atoms with E-state index in [-0.39, 0.29) is 0 Å². The van der Waals surface area contributed by atoms with E-state index in [9.17, 15) is 0 Å². The van der Waals surface area contributed by atoms with Gasteiger partial charge in [0, 0.05) is 33.1 Å². The van der Waals surface area contributed by atoms with Gasteiger partial charge in [0.2, 0.25) is 0 Å². The van der Waals surface area contributed by atoms with Crippen molar-refractivity contribution < 1.29 is 0 Å². The molecule has 30 heavy (non-hydrogen) atoms. The number of aromatic nitrogens is 6. The monoisotopic (exact) mass is 415 g/mol. The molecule has 0 spiro atoms. The summed E-state index contributed by atoms with van der Waals surface area (Å²) in [6.07, 6.45) is 5.93. The molecule has 0 unspecified atom stereocenters. The summed E-state index contributed by atoms with van der Waals surface area (Å²) in [5.74, 6) is 1.21. The molecule has 6 heterocycles. The number of pyridine rings is 2. The van der Waals surface area contributed by atoms with Crippen molar-refractivity contribution in [3.8, 4) is 22.0 Å². The quantitative estimate of drug-likeness (QED) is 0.406. The van der Waals surface area contributed by atoms with Gasteiger partial charge in [-0.05, 0) is 57.1 Å². The summed E-state index contributed by atoms with van der Waals surface area (Å²) in [5, 5.41) is 11.1. The molecule has 0 radical (unpaired) electrons. The highest BCUT2D eigenvalue weighted by molar-refractivity contribution is 7.15. The summed E-state index contributed by atoms with van der Waals surface area (Å²) in [6, 6.07) is 8.46. The van der Waals surface area contributed by atoms with Crippen LogP contribution in [0.4, 0.5) is 0 Å². The van der Waals surface area contributed by atoms with E-state index in [4.69, 9.17) is 9.97 Å². The molecular formula is C22H21N7S. The van der Waals surface area contributed by atoms with Crippen LogP contribution in [0, 0.1) is 6.92 Å². The van der Waals surface area contributed by atoms with Crippen molar-refractivity contribution in [3.63, 3.8) is 0 Å². The third-order valence-electron chi connectivity index (χ3n) is 5.81. The van der Waals surface area contributed by atoms with Gasteiger partial charge >= 0.3 is 0 Å². The van der Waals surface area contributed by atoms with Crippen LogP contribution in [0.5, 0.6) is 0 Å². The molecule has 1 aliphatic heterocycles. The van der Waals surface area contributed by atoms with Crippen molar-refractivity contribution in [3.05, 3.63) is 47.2 Å². The van der Waals surface area contributed by atoms with Crippen molar-refractivity contribution in [2.45, 2.75) is 25.7 Å². The Morgan fingerprint density at radius 2 is 1.87 bits per heavy atom. The Hall–Kier alpha value is -3.10. The third kappa shape index (κ3) is 2.91. The lowest BCUT2D eigenvalue weighted by atomic mass is 9.94. The van der Waals surface area contributed by atoms with Crippen molar-refractivity contribution in [2.75, 3.05) is 13.1 Å². The van der Waals surface area contributed by atoms with E-state index >= 15 is 0 Å². The number of nitrogens with zero attached hydrogens (tertiary/aromatic N) is 4. The summed E-state index contributed by atoms with van der Waals surface area (Å²) in [5.41, 5.74) is 6.54. The van der Waals surface area contributed by atoms with Crippen molar-refractivity contribution in [2.24, 2.45) is 0 Å². The van der Waals surface area contributed by atoms with Gasteiger partial charge in [-0.3, -0.25) is 10.1 Å². The van der Waals surface area contributed by atoms with Gasteiger partial charge in [0.05, 0.1) is 17.2 Å². The first kappa shape index (κ1) is 17.7. The second kappa shape index (κ2) is 7.00. The molecule has 0 atom stereocenters. The molecule has 0 aromatic carbocycles. The number of thiophene rings is 1. The molecule has 5 aromatic rings. The molecule has 8 heteroatoms. The average molecular weight is 416 g/mol. The number of piperidine rings is 1. The third-order valence-corrected chi connectivity index (χ3v) is 6.84. The maximum Gasteiger partial charge on any atom is 0.161 e. The number of aromatic amines is 2. The van der Waals surface area contributed by atoms with Gasteiger partial charge in [0.15, 0.2) is 11.5 Å². The number of imidazole rings is 1. The zero-order chi connectivity index (χ0) is 20.1. The maximum absolute atomic E-state index is 4.99. The highest BCUT2D eigenvalue weighted by Crippen LogP contribution is 2.34.